The molecule has 0 heterocycles. The van der Waals surface area contributed by atoms with E-state index in [4.69, 9.17) is 37.0 Å². The molecule has 0 amide bonds. The number of aliphatic hydroxyl groups is 1. The van der Waals surface area contributed by atoms with Crippen molar-refractivity contribution >= 4 is 39.5 Å². The summed E-state index contributed by atoms with van der Waals surface area (Å²) in [6.45, 7) is 7.06. The quantitative estimate of drug-likeness (QED) is 0.0222. The number of carbonyl (C=O) groups excluding carboxylic acids is 4. The minimum atomic E-state index is -4.94. The van der Waals surface area contributed by atoms with E-state index in [0.717, 1.165) is 102 Å². The summed E-state index contributed by atoms with van der Waals surface area (Å²) in [5, 5.41) is 10.5. The first-order valence-electron chi connectivity index (χ1n) is 33.7. The summed E-state index contributed by atoms with van der Waals surface area (Å²) in [6.07, 6.45) is 42.1. The first-order valence-corrected chi connectivity index (χ1v) is 36.7. The van der Waals surface area contributed by atoms with Crippen molar-refractivity contribution in [2.24, 2.45) is 5.92 Å². The molecule has 19 heteroatoms. The molecule has 0 rings (SSSR count). The van der Waals surface area contributed by atoms with Gasteiger partial charge in [0.2, 0.25) is 0 Å². The summed E-state index contributed by atoms with van der Waals surface area (Å²) in [5.74, 6) is -1.42. The van der Waals surface area contributed by atoms with Crippen molar-refractivity contribution in [3.05, 3.63) is 0 Å². The molecule has 0 bridgehead atoms. The van der Waals surface area contributed by atoms with E-state index in [1.165, 1.54) is 141 Å². The summed E-state index contributed by atoms with van der Waals surface area (Å²) >= 11 is 0. The summed E-state index contributed by atoms with van der Waals surface area (Å²) < 4.78 is 67.8. The Labute approximate surface area is 505 Å². The third-order valence-corrected chi connectivity index (χ3v) is 17.0. The Balaban J connectivity index is 5.17. The van der Waals surface area contributed by atoms with Crippen LogP contribution in [0.15, 0.2) is 0 Å². The van der Waals surface area contributed by atoms with E-state index >= 15 is 0 Å². The van der Waals surface area contributed by atoms with Crippen LogP contribution in [0.3, 0.4) is 0 Å². The zero-order valence-corrected chi connectivity index (χ0v) is 55.1. The molecule has 0 spiro atoms. The highest BCUT2D eigenvalue weighted by Gasteiger charge is 2.30. The summed E-state index contributed by atoms with van der Waals surface area (Å²) in [7, 11) is -9.88. The van der Waals surface area contributed by atoms with Gasteiger partial charge in [0.1, 0.15) is 19.3 Å². The standard InChI is InChI=1S/C64H124O17P2/c1-6-10-13-16-18-20-22-24-25-26-27-29-31-33-39-44-49-63(68)80-60(54-75-62(67)48-43-38-32-30-28-23-21-19-17-14-11-7-2)56-79-83(72,73)77-52-58(65)51-76-82(70,71)78-55-59(53-74-61(66)47-42-36-15-12-8-3)81-64(69)50-45-40-35-34-37-41-46-57(5)9-4/h57-60,65H,6-56H2,1-5H3,(H,70,71)(H,72,73)/t57?,58-,59+,60+/m0/s1. The van der Waals surface area contributed by atoms with Crippen LogP contribution in [0.25, 0.3) is 0 Å². The number of phosphoric acid groups is 2. The molecule has 83 heavy (non-hydrogen) atoms. The number of phosphoric ester groups is 2. The van der Waals surface area contributed by atoms with Gasteiger partial charge < -0.3 is 33.8 Å². The van der Waals surface area contributed by atoms with E-state index < -0.39 is 97.5 Å². The normalized spacial score (nSPS) is 14.6. The van der Waals surface area contributed by atoms with Gasteiger partial charge in [-0.25, -0.2) is 9.13 Å². The Hall–Kier alpha value is -1.94. The zero-order valence-electron chi connectivity index (χ0n) is 53.3. The van der Waals surface area contributed by atoms with Gasteiger partial charge in [-0.05, 0) is 31.6 Å². The van der Waals surface area contributed by atoms with E-state index in [1.807, 2.05) is 0 Å². The number of rotatable bonds is 64. The molecule has 0 aliphatic heterocycles. The summed E-state index contributed by atoms with van der Waals surface area (Å²) in [4.78, 5) is 72.0. The average molecular weight is 1230 g/mol. The van der Waals surface area contributed by atoms with Gasteiger partial charge in [-0.15, -0.1) is 0 Å². The minimum Gasteiger partial charge on any atom is -0.462 e. The number of hydrogen-bond donors (Lipinski definition) is 3. The molecular weight excluding hydrogens is 1100 g/mol. The molecule has 3 N–H and O–H groups in total. The SMILES string of the molecule is CCCCCCCCCCCCCCCCCCC(=O)O[C@H](COC(=O)CCCCCCCCCCCCCC)COP(=O)(O)OC[C@@H](O)COP(=O)(O)OC[C@@H](COC(=O)CCCCCCC)OC(=O)CCCCCCCCC(C)CC. The lowest BCUT2D eigenvalue weighted by molar-refractivity contribution is -0.161. The maximum atomic E-state index is 13.0. The van der Waals surface area contributed by atoms with Crippen molar-refractivity contribution in [3.63, 3.8) is 0 Å². The average Bonchev–Trinajstić information content (AvgIpc) is 3.46. The molecule has 492 valence electrons. The van der Waals surface area contributed by atoms with Gasteiger partial charge in [0.15, 0.2) is 12.2 Å². The second kappa shape index (κ2) is 57.8. The number of esters is 4. The highest BCUT2D eigenvalue weighted by Crippen LogP contribution is 2.45. The Morgan fingerprint density at radius 2 is 0.578 bits per heavy atom. The van der Waals surface area contributed by atoms with Crippen LogP contribution in [0, 0.1) is 5.92 Å². The minimum absolute atomic E-state index is 0.102. The van der Waals surface area contributed by atoms with Gasteiger partial charge in [0.05, 0.1) is 26.4 Å². The number of carbonyl (C=O) groups is 4. The van der Waals surface area contributed by atoms with Crippen LogP contribution in [0.2, 0.25) is 0 Å². The lowest BCUT2D eigenvalue weighted by atomic mass is 10.00. The zero-order chi connectivity index (χ0) is 61.3. The highest BCUT2D eigenvalue weighted by molar-refractivity contribution is 7.47. The van der Waals surface area contributed by atoms with Crippen molar-refractivity contribution in [2.75, 3.05) is 39.6 Å². The van der Waals surface area contributed by atoms with Crippen molar-refractivity contribution in [1.82, 2.24) is 0 Å². The maximum Gasteiger partial charge on any atom is 0.472 e. The molecule has 0 radical (unpaired) electrons. The van der Waals surface area contributed by atoms with Gasteiger partial charge in [0, 0.05) is 25.7 Å². The van der Waals surface area contributed by atoms with Crippen molar-refractivity contribution in [2.45, 2.75) is 342 Å². The fraction of sp³-hybridized carbons (Fsp3) is 0.938. The van der Waals surface area contributed by atoms with Crippen LogP contribution in [-0.4, -0.2) is 96.7 Å². The van der Waals surface area contributed by atoms with Crippen molar-refractivity contribution in [1.29, 1.82) is 0 Å². The van der Waals surface area contributed by atoms with Gasteiger partial charge in [0.25, 0.3) is 0 Å². The molecule has 0 aromatic heterocycles. The van der Waals surface area contributed by atoms with E-state index in [1.54, 1.807) is 0 Å². The first-order chi connectivity index (χ1) is 40.1. The lowest BCUT2D eigenvalue weighted by Gasteiger charge is -2.21. The molecule has 6 atom stereocenters. The second-order valence-electron chi connectivity index (χ2n) is 23.4. The van der Waals surface area contributed by atoms with Crippen LogP contribution in [0.1, 0.15) is 324 Å². The van der Waals surface area contributed by atoms with E-state index in [-0.39, 0.29) is 25.7 Å². The van der Waals surface area contributed by atoms with Crippen LogP contribution >= 0.6 is 15.6 Å². The van der Waals surface area contributed by atoms with E-state index in [2.05, 4.69) is 34.6 Å². The molecule has 0 aliphatic rings. The Morgan fingerprint density at radius 1 is 0.337 bits per heavy atom. The molecule has 0 saturated heterocycles. The van der Waals surface area contributed by atoms with E-state index in [0.29, 0.717) is 25.7 Å². The number of unbranched alkanes of at least 4 members (excludes halogenated alkanes) is 35. The lowest BCUT2D eigenvalue weighted by Crippen LogP contribution is -2.30. The van der Waals surface area contributed by atoms with Crippen LogP contribution < -0.4 is 0 Å². The third kappa shape index (κ3) is 57.6. The molecular formula is C64H124O17P2. The van der Waals surface area contributed by atoms with Gasteiger partial charge >= 0.3 is 39.5 Å². The van der Waals surface area contributed by atoms with Crippen LogP contribution in [-0.2, 0) is 65.4 Å². The third-order valence-electron chi connectivity index (χ3n) is 15.1. The fourth-order valence-electron chi connectivity index (χ4n) is 9.55. The van der Waals surface area contributed by atoms with Gasteiger partial charge in [-0.1, -0.05) is 272 Å². The van der Waals surface area contributed by atoms with Crippen LogP contribution in [0.4, 0.5) is 0 Å². The first kappa shape index (κ1) is 81.1. The van der Waals surface area contributed by atoms with Crippen LogP contribution in [0.5, 0.6) is 0 Å². The molecule has 0 aromatic carbocycles. The van der Waals surface area contributed by atoms with Gasteiger partial charge in [-0.2, -0.15) is 0 Å². The Bertz CT molecular complexity index is 1620. The second-order valence-corrected chi connectivity index (χ2v) is 26.3. The predicted octanol–water partition coefficient (Wildman–Crippen LogP) is 17.8. The number of aliphatic hydroxyl groups excluding tert-OH is 1. The molecule has 0 aromatic rings. The molecule has 0 saturated carbocycles. The molecule has 17 nitrogen and oxygen atoms in total. The number of hydrogen-bond acceptors (Lipinski definition) is 15. The Morgan fingerprint density at radius 3 is 0.855 bits per heavy atom. The van der Waals surface area contributed by atoms with Gasteiger partial charge in [-0.3, -0.25) is 37.3 Å². The van der Waals surface area contributed by atoms with Crippen molar-refractivity contribution < 1.29 is 80.2 Å². The predicted molar refractivity (Wildman–Crippen MR) is 331 cm³/mol. The largest absolute Gasteiger partial charge is 0.472 e. The Kier molecular flexibility index (Phi) is 56.4. The summed E-state index contributed by atoms with van der Waals surface area (Å²) in [5.41, 5.74) is 0. The maximum absolute atomic E-state index is 13.0. The summed E-state index contributed by atoms with van der Waals surface area (Å²) in [6, 6.07) is 0. The smallest absolute Gasteiger partial charge is 0.462 e. The number of ether oxygens (including phenoxy) is 4. The molecule has 0 aliphatic carbocycles. The topological polar surface area (TPSA) is 237 Å². The molecule has 0 fully saturated rings. The van der Waals surface area contributed by atoms with Crippen molar-refractivity contribution in [3.8, 4) is 0 Å². The highest BCUT2D eigenvalue weighted by atomic mass is 31.2. The fourth-order valence-corrected chi connectivity index (χ4v) is 11.1. The van der Waals surface area contributed by atoms with E-state index in [9.17, 15) is 43.2 Å². The molecule has 3 unspecified atom stereocenters. The monoisotopic (exact) mass is 1230 g/mol.